The molecule has 0 aromatic heterocycles. The molecule has 4 heteroatoms. The van der Waals surface area contributed by atoms with Crippen LogP contribution in [0.15, 0.2) is 47.1 Å². The Morgan fingerprint density at radius 3 is 1.88 bits per heavy atom. The van der Waals surface area contributed by atoms with Gasteiger partial charge in [-0.25, -0.2) is 0 Å². The minimum Gasteiger partial charge on any atom is -0.403 e. The molecule has 0 spiro atoms. The standard InChI is InChI=1S/C12H20O2Si2/c1-7-10-16(12(6)11(4)5)13-15(8-2,9-3)14-16/h7-10H,2-3H2,1,4-6H3. The van der Waals surface area contributed by atoms with Crippen LogP contribution in [0.3, 0.4) is 0 Å². The molecule has 0 radical (unpaired) electrons. The van der Waals surface area contributed by atoms with Gasteiger partial charge in [0.15, 0.2) is 0 Å². The van der Waals surface area contributed by atoms with Crippen molar-refractivity contribution in [1.29, 1.82) is 0 Å². The SMILES string of the molecule is C=C[Si]1(C=C)O[Si](C=CC)(C(C)=C(C)C)O1. The molecule has 0 aliphatic carbocycles. The highest BCUT2D eigenvalue weighted by molar-refractivity contribution is 7.04. The van der Waals surface area contributed by atoms with E-state index in [0.717, 1.165) is 0 Å². The summed E-state index contributed by atoms with van der Waals surface area (Å²) in [4.78, 5) is 0. The summed E-state index contributed by atoms with van der Waals surface area (Å²) in [5.74, 6) is 0. The Morgan fingerprint density at radius 1 is 1.06 bits per heavy atom. The van der Waals surface area contributed by atoms with E-state index < -0.39 is 17.1 Å². The highest BCUT2D eigenvalue weighted by atomic mass is 28.5. The Kier molecular flexibility index (Phi) is 3.90. The first-order chi connectivity index (χ1) is 7.45. The molecule has 0 bridgehead atoms. The number of allylic oxidation sites excluding steroid dienone is 3. The number of hydrogen-bond donors (Lipinski definition) is 0. The van der Waals surface area contributed by atoms with Gasteiger partial charge in [0, 0.05) is 0 Å². The predicted octanol–water partition coefficient (Wildman–Crippen LogP) is 3.38. The van der Waals surface area contributed by atoms with Crippen LogP contribution in [-0.2, 0) is 8.23 Å². The summed E-state index contributed by atoms with van der Waals surface area (Å²) in [5.41, 5.74) is 6.91. The molecule has 0 unspecified atom stereocenters. The zero-order valence-electron chi connectivity index (χ0n) is 10.5. The largest absolute Gasteiger partial charge is 0.403 e. The Bertz CT molecular complexity index is 349. The van der Waals surface area contributed by atoms with Crippen molar-refractivity contribution in [3.05, 3.63) is 47.1 Å². The van der Waals surface area contributed by atoms with Gasteiger partial charge in [-0.05, 0) is 50.0 Å². The lowest BCUT2D eigenvalue weighted by atomic mass is 10.3. The van der Waals surface area contributed by atoms with Gasteiger partial charge in [0.2, 0.25) is 0 Å². The third-order valence-corrected chi connectivity index (χ3v) is 11.3. The molecule has 2 nitrogen and oxygen atoms in total. The van der Waals surface area contributed by atoms with E-state index in [1.807, 2.05) is 13.0 Å². The first kappa shape index (κ1) is 13.4. The molecule has 16 heavy (non-hydrogen) atoms. The molecule has 88 valence electrons. The molecule has 1 saturated heterocycles. The molecule has 1 aliphatic rings. The molecule has 0 N–H and O–H groups in total. The van der Waals surface area contributed by atoms with E-state index >= 15 is 0 Å². The molecule has 0 aromatic carbocycles. The second-order valence-corrected chi connectivity index (χ2v) is 10.4. The molecule has 0 saturated carbocycles. The summed E-state index contributed by atoms with van der Waals surface area (Å²) < 4.78 is 12.3. The van der Waals surface area contributed by atoms with Crippen LogP contribution in [0.1, 0.15) is 27.7 Å². The Balaban J connectivity index is 3.04. The third-order valence-electron chi connectivity index (χ3n) is 2.85. The third kappa shape index (κ3) is 2.06. The predicted molar refractivity (Wildman–Crippen MR) is 72.9 cm³/mol. The Morgan fingerprint density at radius 2 is 1.56 bits per heavy atom. The molecular weight excluding hydrogens is 232 g/mol. The maximum Gasteiger partial charge on any atom is 0.378 e. The minimum atomic E-state index is -2.27. The molecule has 1 rings (SSSR count). The molecule has 1 aliphatic heterocycles. The van der Waals surface area contributed by atoms with Crippen molar-refractivity contribution >= 4 is 17.1 Å². The van der Waals surface area contributed by atoms with Crippen molar-refractivity contribution in [2.45, 2.75) is 27.7 Å². The Hall–Kier alpha value is -0.686. The first-order valence-corrected chi connectivity index (χ1v) is 9.27. The lowest BCUT2D eigenvalue weighted by Gasteiger charge is -2.49. The second-order valence-electron chi connectivity index (χ2n) is 4.13. The molecule has 1 heterocycles. The van der Waals surface area contributed by atoms with Crippen LogP contribution < -0.4 is 0 Å². The van der Waals surface area contributed by atoms with E-state index in [0.29, 0.717) is 0 Å². The van der Waals surface area contributed by atoms with E-state index in [-0.39, 0.29) is 0 Å². The van der Waals surface area contributed by atoms with Crippen LogP contribution in [-0.4, -0.2) is 17.1 Å². The lowest BCUT2D eigenvalue weighted by molar-refractivity contribution is 0.257. The minimum absolute atomic E-state index is 1.23. The van der Waals surface area contributed by atoms with Gasteiger partial charge in [0.05, 0.1) is 0 Å². The quantitative estimate of drug-likeness (QED) is 0.714. The van der Waals surface area contributed by atoms with Gasteiger partial charge in [-0.1, -0.05) is 11.6 Å². The summed E-state index contributed by atoms with van der Waals surface area (Å²) in [6, 6.07) is 0. The van der Waals surface area contributed by atoms with E-state index in [1.165, 1.54) is 10.8 Å². The van der Waals surface area contributed by atoms with Gasteiger partial charge < -0.3 is 8.23 Å². The van der Waals surface area contributed by atoms with Gasteiger partial charge in [-0.3, -0.25) is 0 Å². The molecule has 0 aromatic rings. The monoisotopic (exact) mass is 252 g/mol. The summed E-state index contributed by atoms with van der Waals surface area (Å²) in [6.45, 7) is 15.8. The van der Waals surface area contributed by atoms with Crippen molar-refractivity contribution in [2.75, 3.05) is 0 Å². The van der Waals surface area contributed by atoms with E-state index in [1.54, 1.807) is 11.4 Å². The van der Waals surface area contributed by atoms with Crippen molar-refractivity contribution < 1.29 is 8.23 Å². The van der Waals surface area contributed by atoms with Gasteiger partial charge in [-0.2, -0.15) is 0 Å². The highest BCUT2D eigenvalue weighted by Crippen LogP contribution is 2.39. The average Bonchev–Trinajstić information content (AvgIpc) is 2.22. The average molecular weight is 252 g/mol. The van der Waals surface area contributed by atoms with Crippen LogP contribution in [0.25, 0.3) is 0 Å². The second kappa shape index (κ2) is 4.67. The fourth-order valence-electron chi connectivity index (χ4n) is 1.65. The lowest BCUT2D eigenvalue weighted by Crippen LogP contribution is -2.69. The van der Waals surface area contributed by atoms with Crippen molar-refractivity contribution in [3.8, 4) is 0 Å². The van der Waals surface area contributed by atoms with Crippen LogP contribution >= 0.6 is 0 Å². The smallest absolute Gasteiger partial charge is 0.378 e. The molecule has 0 amide bonds. The number of hydrogen-bond acceptors (Lipinski definition) is 2. The van der Waals surface area contributed by atoms with E-state index in [4.69, 9.17) is 8.23 Å². The highest BCUT2D eigenvalue weighted by Gasteiger charge is 2.59. The van der Waals surface area contributed by atoms with Crippen LogP contribution in [0.4, 0.5) is 0 Å². The van der Waals surface area contributed by atoms with Crippen LogP contribution in [0, 0.1) is 0 Å². The fourth-order valence-corrected chi connectivity index (χ4v) is 10.2. The first-order valence-electron chi connectivity index (χ1n) is 5.41. The van der Waals surface area contributed by atoms with Crippen molar-refractivity contribution in [3.63, 3.8) is 0 Å². The van der Waals surface area contributed by atoms with E-state index in [9.17, 15) is 0 Å². The van der Waals surface area contributed by atoms with Crippen LogP contribution in [0.5, 0.6) is 0 Å². The van der Waals surface area contributed by atoms with E-state index in [2.05, 4.69) is 39.6 Å². The van der Waals surface area contributed by atoms with Crippen molar-refractivity contribution in [1.82, 2.24) is 0 Å². The normalized spacial score (nSPS) is 21.2. The number of rotatable bonds is 4. The van der Waals surface area contributed by atoms with Crippen molar-refractivity contribution in [2.24, 2.45) is 0 Å². The van der Waals surface area contributed by atoms with Gasteiger partial charge in [0.1, 0.15) is 0 Å². The summed E-state index contributed by atoms with van der Waals surface area (Å²) in [7, 11) is -4.54. The Labute approximate surface area is 100 Å². The molecular formula is C12H20O2Si2. The summed E-state index contributed by atoms with van der Waals surface area (Å²) >= 11 is 0. The molecule has 0 atom stereocenters. The zero-order valence-corrected chi connectivity index (χ0v) is 12.5. The van der Waals surface area contributed by atoms with Crippen LogP contribution in [0.2, 0.25) is 0 Å². The maximum atomic E-state index is 6.15. The van der Waals surface area contributed by atoms with Gasteiger partial charge in [-0.15, -0.1) is 13.2 Å². The van der Waals surface area contributed by atoms with Gasteiger partial charge >= 0.3 is 17.1 Å². The zero-order chi connectivity index (χ0) is 12.4. The van der Waals surface area contributed by atoms with Gasteiger partial charge in [0.25, 0.3) is 0 Å². The summed E-state index contributed by atoms with van der Waals surface area (Å²) in [5, 5.41) is 1.23. The topological polar surface area (TPSA) is 18.5 Å². The summed E-state index contributed by atoms with van der Waals surface area (Å²) in [6.07, 6.45) is 2.00. The molecule has 1 fully saturated rings. The fraction of sp³-hybridized carbons (Fsp3) is 0.333. The maximum absolute atomic E-state index is 6.15.